The second-order valence-electron chi connectivity index (χ2n) is 13.5. The van der Waals surface area contributed by atoms with Crippen LogP contribution in [0.4, 0.5) is 15.3 Å². The van der Waals surface area contributed by atoms with Crippen LogP contribution in [0.15, 0.2) is 36.4 Å². The van der Waals surface area contributed by atoms with Crippen LogP contribution in [0, 0.1) is 6.92 Å². The predicted molar refractivity (Wildman–Crippen MR) is 188 cm³/mol. The van der Waals surface area contributed by atoms with Gasteiger partial charge >= 0.3 is 206 Å². The van der Waals surface area contributed by atoms with Crippen molar-refractivity contribution in [2.75, 3.05) is 64.1 Å². The number of likely N-dealkylation sites (tertiary alicyclic amines) is 2. The molecule has 49 heavy (non-hydrogen) atoms. The van der Waals surface area contributed by atoms with Gasteiger partial charge in [-0.2, -0.15) is 0 Å². The minimum atomic E-state index is -3.30. The van der Waals surface area contributed by atoms with Crippen LogP contribution in [0.1, 0.15) is 36.0 Å². The molecule has 0 saturated carbocycles. The van der Waals surface area contributed by atoms with Crippen molar-refractivity contribution in [3.05, 3.63) is 53.1 Å². The zero-order valence-corrected chi connectivity index (χ0v) is 29.0. The Kier molecular flexibility index (Phi) is 10.3. The maximum atomic E-state index is 14.1. The van der Waals surface area contributed by atoms with Crippen LogP contribution in [0.5, 0.6) is 5.75 Å². The Morgan fingerprint density at radius 1 is 1.04 bits per heavy atom. The molecule has 262 valence electrons. The molecule has 3 fully saturated rings. The number of para-hydroxylation sites is 1. The fraction of sp³-hybridized carbons (Fsp3) is 0.529. The second-order valence-corrected chi connectivity index (χ2v) is 15.5. The van der Waals surface area contributed by atoms with Gasteiger partial charge in [-0.25, -0.2) is 13.2 Å². The molecule has 2 aromatic rings. The molecule has 0 spiro atoms. The van der Waals surface area contributed by atoms with E-state index in [1.54, 1.807) is 35.8 Å². The van der Waals surface area contributed by atoms with Gasteiger partial charge in [-0.05, 0) is 18.1 Å². The SMILES string of the molecule is C=Bc1cc(C[C@@H](OC(=O)N2CCC(N3CCc4ccccc4NC3=O)CC2)C(=O)N2CCC(N3CCN(S(C)(=O)=O)C3)C2)cc(C)c1O. The van der Waals surface area contributed by atoms with Gasteiger partial charge < -0.3 is 5.32 Å². The summed E-state index contributed by atoms with van der Waals surface area (Å²) >= 11 is 0. The van der Waals surface area contributed by atoms with E-state index in [0.717, 1.165) is 23.2 Å². The van der Waals surface area contributed by atoms with Crippen molar-refractivity contribution in [1.82, 2.24) is 23.9 Å². The standard InChI is InChI=1S/C34H45BN6O7S/c1-23-18-24(19-28(35-2)31(23)42)20-30(32(43)38-14-11-27(21-38)39-16-17-40(22-39)49(3,46)47)48-34(45)37-12-9-26(10-13-37)41-15-8-25-6-4-5-7-29(25)36-33(41)44/h4-7,18-19,26-27,30,42H,2,8-17,20-22H2,1,3H3,(H,36,44)/t27?,30-/m1/s1. The van der Waals surface area contributed by atoms with Crippen LogP contribution < -0.4 is 10.8 Å². The number of sulfonamides is 1. The third-order valence-electron chi connectivity index (χ3n) is 10.3. The summed E-state index contributed by atoms with van der Waals surface area (Å²) in [6.45, 7) is 10.6. The van der Waals surface area contributed by atoms with E-state index in [-0.39, 0.29) is 36.2 Å². The summed E-state index contributed by atoms with van der Waals surface area (Å²) in [6.07, 6.45) is 2.24. The Morgan fingerprint density at radius 3 is 2.47 bits per heavy atom. The number of aromatic hydroxyl groups is 1. The molecule has 4 heterocycles. The predicted octanol–water partition coefficient (Wildman–Crippen LogP) is 1.20. The summed E-state index contributed by atoms with van der Waals surface area (Å²) in [4.78, 5) is 48.0. The van der Waals surface area contributed by atoms with E-state index in [1.807, 2.05) is 29.2 Å². The normalized spacial score (nSPS) is 21.6. The maximum absolute atomic E-state index is 14.1. The van der Waals surface area contributed by atoms with Gasteiger partial charge in [0.05, 0.1) is 6.26 Å². The number of ether oxygens (including phenoxy) is 1. The van der Waals surface area contributed by atoms with Gasteiger partial charge in [-0.15, -0.1) is 0 Å². The summed E-state index contributed by atoms with van der Waals surface area (Å²) in [6, 6.07) is 11.2. The van der Waals surface area contributed by atoms with Crippen LogP contribution in [0.2, 0.25) is 0 Å². The number of phenolic OH excluding ortho intramolecular Hbond substituents is 1. The van der Waals surface area contributed by atoms with E-state index < -0.39 is 22.2 Å². The van der Waals surface area contributed by atoms with E-state index in [0.29, 0.717) is 82.8 Å². The fourth-order valence-corrected chi connectivity index (χ4v) is 8.21. The number of anilines is 1. The summed E-state index contributed by atoms with van der Waals surface area (Å²) in [5, 5.41) is 13.5. The molecule has 0 aliphatic carbocycles. The van der Waals surface area contributed by atoms with Gasteiger partial charge in [0.2, 0.25) is 10.0 Å². The molecule has 2 aromatic carbocycles. The Balaban J connectivity index is 1.11. The molecule has 6 rings (SSSR count). The molecule has 2 atom stereocenters. The number of carbonyl (C=O) groups is 3. The van der Waals surface area contributed by atoms with E-state index in [1.165, 1.54) is 10.6 Å². The fourth-order valence-electron chi connectivity index (χ4n) is 7.44. The molecule has 3 saturated heterocycles. The number of fused-ring (bicyclic) bond motifs is 1. The number of benzene rings is 2. The van der Waals surface area contributed by atoms with E-state index in [4.69, 9.17) is 4.74 Å². The van der Waals surface area contributed by atoms with Gasteiger partial charge in [-0.3, -0.25) is 0 Å². The van der Waals surface area contributed by atoms with Crippen molar-refractivity contribution in [2.24, 2.45) is 0 Å². The Labute approximate surface area is 288 Å². The number of nitrogens with zero attached hydrogens (tertiary/aromatic N) is 5. The molecule has 1 unspecified atom stereocenters. The molecule has 15 heteroatoms. The number of phenols is 1. The first kappa shape index (κ1) is 34.9. The van der Waals surface area contributed by atoms with E-state index in [9.17, 15) is 27.9 Å². The molecule has 0 aromatic heterocycles. The van der Waals surface area contributed by atoms with Gasteiger partial charge in [0, 0.05) is 12.2 Å². The zero-order valence-electron chi connectivity index (χ0n) is 28.2. The summed E-state index contributed by atoms with van der Waals surface area (Å²) in [5.74, 6) is -0.198. The molecular formula is C34H45BN6O7S. The minimum absolute atomic E-state index is 0.00153. The number of aryl methyl sites for hydroxylation is 1. The number of piperidine rings is 1. The molecule has 2 N–H and O–H groups in total. The van der Waals surface area contributed by atoms with Crippen LogP contribution >= 0.6 is 0 Å². The summed E-state index contributed by atoms with van der Waals surface area (Å²) in [5.41, 5.74) is 3.80. The van der Waals surface area contributed by atoms with Crippen molar-refractivity contribution >= 4 is 52.6 Å². The van der Waals surface area contributed by atoms with Crippen molar-refractivity contribution in [3.63, 3.8) is 0 Å². The molecule has 4 amide bonds. The van der Waals surface area contributed by atoms with Gasteiger partial charge in [0.1, 0.15) is 0 Å². The van der Waals surface area contributed by atoms with Gasteiger partial charge in [-0.1, -0.05) is 18.2 Å². The molecule has 0 bridgehead atoms. The molecule has 4 aliphatic rings. The van der Waals surface area contributed by atoms with Crippen LogP contribution in [-0.2, 0) is 32.4 Å². The van der Waals surface area contributed by atoms with Crippen LogP contribution in [0.25, 0.3) is 0 Å². The number of amides is 4. The summed E-state index contributed by atoms with van der Waals surface area (Å²) < 4.78 is 31.6. The number of hydrogen-bond donors (Lipinski definition) is 2. The topological polar surface area (TPSA) is 143 Å². The first-order valence-corrected chi connectivity index (χ1v) is 18.8. The zero-order chi connectivity index (χ0) is 34.9. The number of hydrogen-bond acceptors (Lipinski definition) is 8. The van der Waals surface area contributed by atoms with Crippen molar-refractivity contribution in [3.8, 4) is 5.75 Å². The Morgan fingerprint density at radius 2 is 1.76 bits per heavy atom. The number of urea groups is 1. The molecule has 0 radical (unpaired) electrons. The van der Waals surface area contributed by atoms with Crippen molar-refractivity contribution < 1.29 is 32.6 Å². The average Bonchev–Trinajstić information content (AvgIpc) is 3.74. The van der Waals surface area contributed by atoms with Gasteiger partial charge in [0.25, 0.3) is 0 Å². The Bertz CT molecular complexity index is 1720. The van der Waals surface area contributed by atoms with Crippen LogP contribution in [-0.4, -0.2) is 146 Å². The van der Waals surface area contributed by atoms with E-state index >= 15 is 0 Å². The third kappa shape index (κ3) is 7.78. The summed E-state index contributed by atoms with van der Waals surface area (Å²) in [7, 11) is -3.30. The second kappa shape index (κ2) is 14.5. The first-order chi connectivity index (χ1) is 23.4. The van der Waals surface area contributed by atoms with Crippen molar-refractivity contribution in [2.45, 2.75) is 57.2 Å². The van der Waals surface area contributed by atoms with Crippen LogP contribution in [0.3, 0.4) is 0 Å². The molecule has 13 nitrogen and oxygen atoms in total. The first-order valence-electron chi connectivity index (χ1n) is 16.9. The average molecular weight is 693 g/mol. The number of nitrogens with one attached hydrogen (secondary N) is 1. The third-order valence-corrected chi connectivity index (χ3v) is 11.5. The Hall–Kier alpha value is -3.95. The molecular weight excluding hydrogens is 647 g/mol. The number of rotatable bonds is 8. The monoisotopic (exact) mass is 692 g/mol. The number of carbonyl (C=O) groups excluding carboxylic acids is 3. The quantitative estimate of drug-likeness (QED) is 0.394. The molecule has 4 aliphatic heterocycles. The van der Waals surface area contributed by atoms with Crippen molar-refractivity contribution in [1.29, 1.82) is 0 Å². The van der Waals surface area contributed by atoms with Gasteiger partial charge in [0.15, 0.2) is 0 Å². The van der Waals surface area contributed by atoms with E-state index in [2.05, 4.69) is 16.7 Å².